The van der Waals surface area contributed by atoms with Gasteiger partial charge in [-0.2, -0.15) is 0 Å². The maximum Gasteiger partial charge on any atom is 0.0189 e. The second kappa shape index (κ2) is 4.91. The summed E-state index contributed by atoms with van der Waals surface area (Å²) in [6, 6.07) is 0. The third kappa shape index (κ3) is 2.51. The Labute approximate surface area is 100 Å². The lowest BCUT2D eigenvalue weighted by Gasteiger charge is -2.43. The molecule has 0 aromatic rings. The molecule has 2 N–H and O–H groups in total. The van der Waals surface area contributed by atoms with Gasteiger partial charge in [0.15, 0.2) is 0 Å². The maximum absolute atomic E-state index is 6.67. The molecule has 0 bridgehead atoms. The Hall–Kier alpha value is -0.300. The van der Waals surface area contributed by atoms with E-state index in [0.717, 1.165) is 5.92 Å². The van der Waals surface area contributed by atoms with Gasteiger partial charge in [-0.1, -0.05) is 30.4 Å². The summed E-state index contributed by atoms with van der Waals surface area (Å²) in [7, 11) is 0. The largest absolute Gasteiger partial charge is 0.325 e. The summed E-state index contributed by atoms with van der Waals surface area (Å²) in [4.78, 5) is 0. The molecule has 2 rings (SSSR count). The van der Waals surface area contributed by atoms with Crippen molar-refractivity contribution in [2.24, 2.45) is 11.7 Å². The van der Waals surface area contributed by atoms with E-state index >= 15 is 0 Å². The molecule has 2 fully saturated rings. The van der Waals surface area contributed by atoms with Crippen LogP contribution in [0.3, 0.4) is 0 Å². The molecule has 0 radical (unpaired) electrons. The molecule has 0 heterocycles. The Morgan fingerprint density at radius 3 is 2.12 bits per heavy atom. The van der Waals surface area contributed by atoms with Crippen LogP contribution in [0.1, 0.15) is 71.6 Å². The zero-order valence-electron chi connectivity index (χ0n) is 11.0. The second-order valence-corrected chi connectivity index (χ2v) is 6.17. The minimum atomic E-state index is 0.180. The third-order valence-corrected chi connectivity index (χ3v) is 4.91. The van der Waals surface area contributed by atoms with Crippen molar-refractivity contribution in [1.82, 2.24) is 0 Å². The van der Waals surface area contributed by atoms with Gasteiger partial charge >= 0.3 is 0 Å². The van der Waals surface area contributed by atoms with Crippen molar-refractivity contribution < 1.29 is 0 Å². The highest BCUT2D eigenvalue weighted by Crippen LogP contribution is 2.41. The molecule has 0 aromatic heterocycles. The van der Waals surface area contributed by atoms with Crippen LogP contribution in [0, 0.1) is 5.92 Å². The minimum Gasteiger partial charge on any atom is -0.325 e. The molecule has 0 aromatic carbocycles. The van der Waals surface area contributed by atoms with Crippen molar-refractivity contribution in [2.45, 2.75) is 77.2 Å². The summed E-state index contributed by atoms with van der Waals surface area (Å²) in [6.07, 6.45) is 12.0. The Bertz CT molecular complexity index is 257. The first-order valence-electron chi connectivity index (χ1n) is 7.06. The van der Waals surface area contributed by atoms with Crippen LogP contribution in [-0.2, 0) is 0 Å². The zero-order valence-corrected chi connectivity index (χ0v) is 11.0. The summed E-state index contributed by atoms with van der Waals surface area (Å²) in [5.74, 6) is 0.819. The van der Waals surface area contributed by atoms with E-state index in [1.165, 1.54) is 63.4 Å². The predicted octanol–water partition coefficient (Wildman–Crippen LogP) is 4.17. The van der Waals surface area contributed by atoms with Crippen LogP contribution in [0.25, 0.3) is 0 Å². The normalized spacial score (nSPS) is 32.8. The van der Waals surface area contributed by atoms with Crippen LogP contribution in [0.15, 0.2) is 11.1 Å². The van der Waals surface area contributed by atoms with Crippen molar-refractivity contribution >= 4 is 0 Å². The van der Waals surface area contributed by atoms with E-state index in [2.05, 4.69) is 13.8 Å². The Kier molecular flexibility index (Phi) is 3.73. The lowest BCUT2D eigenvalue weighted by molar-refractivity contribution is 0.168. The average Bonchev–Trinajstić information content (AvgIpc) is 2.31. The third-order valence-electron chi connectivity index (χ3n) is 4.91. The van der Waals surface area contributed by atoms with E-state index in [1.54, 1.807) is 5.57 Å². The first-order chi connectivity index (χ1) is 7.62. The maximum atomic E-state index is 6.67. The number of hydrogen-bond donors (Lipinski definition) is 1. The molecule has 0 amide bonds. The number of hydrogen-bond acceptors (Lipinski definition) is 1. The molecule has 0 aliphatic heterocycles. The van der Waals surface area contributed by atoms with Gasteiger partial charge in [-0.05, 0) is 58.3 Å². The average molecular weight is 221 g/mol. The van der Waals surface area contributed by atoms with E-state index in [-0.39, 0.29) is 5.54 Å². The summed E-state index contributed by atoms with van der Waals surface area (Å²) in [6.45, 7) is 4.50. The predicted molar refractivity (Wildman–Crippen MR) is 70.3 cm³/mol. The monoisotopic (exact) mass is 221 g/mol. The van der Waals surface area contributed by atoms with Crippen LogP contribution in [0.4, 0.5) is 0 Å². The van der Waals surface area contributed by atoms with Gasteiger partial charge in [0.2, 0.25) is 0 Å². The first-order valence-corrected chi connectivity index (χ1v) is 7.06. The SMILES string of the molecule is CC(C)=C1CCC(N)(C2CCCCC2)CC1. The van der Waals surface area contributed by atoms with Crippen molar-refractivity contribution in [3.05, 3.63) is 11.1 Å². The highest BCUT2D eigenvalue weighted by molar-refractivity contribution is 5.15. The van der Waals surface area contributed by atoms with Gasteiger partial charge in [-0.3, -0.25) is 0 Å². The second-order valence-electron chi connectivity index (χ2n) is 6.17. The number of nitrogens with two attached hydrogens (primary N) is 1. The molecule has 0 atom stereocenters. The van der Waals surface area contributed by atoms with Gasteiger partial charge in [-0.25, -0.2) is 0 Å². The molecule has 1 nitrogen and oxygen atoms in total. The van der Waals surface area contributed by atoms with Crippen molar-refractivity contribution in [2.75, 3.05) is 0 Å². The molecule has 2 aliphatic rings. The zero-order chi connectivity index (χ0) is 11.6. The molecular formula is C15H27N. The van der Waals surface area contributed by atoms with Crippen LogP contribution in [-0.4, -0.2) is 5.54 Å². The van der Waals surface area contributed by atoms with Crippen molar-refractivity contribution in [3.63, 3.8) is 0 Å². The van der Waals surface area contributed by atoms with Gasteiger partial charge in [0.05, 0.1) is 0 Å². The fourth-order valence-corrected chi connectivity index (χ4v) is 3.60. The highest BCUT2D eigenvalue weighted by atomic mass is 14.8. The standard InChI is InChI=1S/C15H27N/c1-12(2)13-8-10-15(16,11-9-13)14-6-4-3-5-7-14/h14H,3-11,16H2,1-2H3. The molecular weight excluding hydrogens is 194 g/mol. The quantitative estimate of drug-likeness (QED) is 0.661. The van der Waals surface area contributed by atoms with E-state index in [1.807, 2.05) is 0 Å². The van der Waals surface area contributed by atoms with E-state index in [0.29, 0.717) is 0 Å². The summed E-state index contributed by atoms with van der Waals surface area (Å²) in [5.41, 5.74) is 10.1. The molecule has 16 heavy (non-hydrogen) atoms. The summed E-state index contributed by atoms with van der Waals surface area (Å²) < 4.78 is 0. The fourth-order valence-electron chi connectivity index (χ4n) is 3.60. The fraction of sp³-hybridized carbons (Fsp3) is 0.867. The Morgan fingerprint density at radius 2 is 1.62 bits per heavy atom. The van der Waals surface area contributed by atoms with E-state index in [9.17, 15) is 0 Å². The molecule has 0 spiro atoms. The van der Waals surface area contributed by atoms with Gasteiger partial charge in [0.25, 0.3) is 0 Å². The Morgan fingerprint density at radius 1 is 1.06 bits per heavy atom. The lowest BCUT2D eigenvalue weighted by Crippen LogP contribution is -2.49. The number of allylic oxidation sites excluding steroid dienone is 2. The van der Waals surface area contributed by atoms with E-state index in [4.69, 9.17) is 5.73 Å². The molecule has 0 saturated heterocycles. The lowest BCUT2D eigenvalue weighted by atomic mass is 9.67. The molecule has 2 saturated carbocycles. The molecule has 0 unspecified atom stereocenters. The van der Waals surface area contributed by atoms with Crippen LogP contribution in [0.5, 0.6) is 0 Å². The number of rotatable bonds is 1. The molecule has 2 aliphatic carbocycles. The topological polar surface area (TPSA) is 26.0 Å². The van der Waals surface area contributed by atoms with Crippen LogP contribution >= 0.6 is 0 Å². The smallest absolute Gasteiger partial charge is 0.0189 e. The van der Waals surface area contributed by atoms with Gasteiger partial charge < -0.3 is 5.73 Å². The summed E-state index contributed by atoms with van der Waals surface area (Å²) in [5, 5.41) is 0. The highest BCUT2D eigenvalue weighted by Gasteiger charge is 2.37. The summed E-state index contributed by atoms with van der Waals surface area (Å²) >= 11 is 0. The minimum absolute atomic E-state index is 0.180. The first kappa shape index (κ1) is 12.2. The molecule has 1 heteroatoms. The van der Waals surface area contributed by atoms with Gasteiger partial charge in [-0.15, -0.1) is 0 Å². The van der Waals surface area contributed by atoms with Gasteiger partial charge in [0.1, 0.15) is 0 Å². The van der Waals surface area contributed by atoms with Crippen LogP contribution < -0.4 is 5.73 Å². The van der Waals surface area contributed by atoms with Crippen molar-refractivity contribution in [1.29, 1.82) is 0 Å². The van der Waals surface area contributed by atoms with Crippen molar-refractivity contribution in [3.8, 4) is 0 Å². The van der Waals surface area contributed by atoms with Gasteiger partial charge in [0, 0.05) is 5.54 Å². The van der Waals surface area contributed by atoms with E-state index < -0.39 is 0 Å². The molecule has 92 valence electrons. The van der Waals surface area contributed by atoms with Crippen LogP contribution in [0.2, 0.25) is 0 Å². The Balaban J connectivity index is 1.97.